The third-order valence-corrected chi connectivity index (χ3v) is 3.59. The van der Waals surface area contributed by atoms with Crippen molar-refractivity contribution in [1.82, 2.24) is 4.98 Å². The highest BCUT2D eigenvalue weighted by atomic mass is 16.4. The monoisotopic (exact) mass is 258 g/mol. The first-order chi connectivity index (χ1) is 9.06. The summed E-state index contributed by atoms with van der Waals surface area (Å²) < 4.78 is 0. The Labute approximate surface area is 112 Å². The molecule has 0 spiro atoms. The molecule has 1 aromatic heterocycles. The number of carboxylic acids is 1. The second-order valence-electron chi connectivity index (χ2n) is 4.71. The smallest absolute Gasteiger partial charge is 0.337 e. The first-order valence-electron chi connectivity index (χ1n) is 6.40. The molecule has 1 N–H and O–H groups in total. The van der Waals surface area contributed by atoms with Gasteiger partial charge in [-0.15, -0.1) is 0 Å². The number of carbonyl (C=O) groups is 1. The van der Waals surface area contributed by atoms with Gasteiger partial charge in [-0.05, 0) is 13.3 Å². The van der Waals surface area contributed by atoms with E-state index in [0.29, 0.717) is 6.04 Å². The average Bonchev–Trinajstić information content (AvgIpc) is 2.44. The van der Waals surface area contributed by atoms with E-state index in [1.807, 2.05) is 31.3 Å². The first-order valence-corrected chi connectivity index (χ1v) is 6.40. The maximum atomic E-state index is 11.2. The van der Waals surface area contributed by atoms with Gasteiger partial charge in [0.1, 0.15) is 5.82 Å². The molecule has 0 aliphatic rings. The summed E-state index contributed by atoms with van der Waals surface area (Å²) in [5.74, 6) is -0.114. The SMILES string of the molecule is CCC(C)N(C)c1ncc(C(=O)O)c2ccccc12. The van der Waals surface area contributed by atoms with Gasteiger partial charge in [0.05, 0.1) is 5.56 Å². The van der Waals surface area contributed by atoms with Crippen LogP contribution in [0.3, 0.4) is 0 Å². The summed E-state index contributed by atoms with van der Waals surface area (Å²) in [5.41, 5.74) is 0.247. The van der Waals surface area contributed by atoms with E-state index in [1.54, 1.807) is 0 Å². The molecule has 0 aliphatic carbocycles. The van der Waals surface area contributed by atoms with Gasteiger partial charge in [-0.3, -0.25) is 0 Å². The van der Waals surface area contributed by atoms with Gasteiger partial charge in [0.25, 0.3) is 0 Å². The Hall–Kier alpha value is -2.10. The van der Waals surface area contributed by atoms with E-state index in [0.717, 1.165) is 23.0 Å². The van der Waals surface area contributed by atoms with Crippen molar-refractivity contribution in [1.29, 1.82) is 0 Å². The molecule has 2 aromatic rings. The van der Waals surface area contributed by atoms with E-state index in [-0.39, 0.29) is 5.56 Å². The molecule has 1 unspecified atom stereocenters. The van der Waals surface area contributed by atoms with E-state index in [4.69, 9.17) is 0 Å². The average molecular weight is 258 g/mol. The zero-order valence-corrected chi connectivity index (χ0v) is 11.4. The number of hydrogen-bond acceptors (Lipinski definition) is 3. The molecule has 4 nitrogen and oxygen atoms in total. The third kappa shape index (κ3) is 2.38. The fourth-order valence-electron chi connectivity index (χ4n) is 2.11. The largest absolute Gasteiger partial charge is 0.478 e. The van der Waals surface area contributed by atoms with E-state index >= 15 is 0 Å². The Balaban J connectivity index is 2.65. The second kappa shape index (κ2) is 5.26. The normalized spacial score (nSPS) is 12.4. The summed E-state index contributed by atoms with van der Waals surface area (Å²) in [6.45, 7) is 4.25. The minimum Gasteiger partial charge on any atom is -0.478 e. The molecule has 1 atom stereocenters. The van der Waals surface area contributed by atoms with Crippen LogP contribution in [0.15, 0.2) is 30.5 Å². The van der Waals surface area contributed by atoms with Crippen molar-refractivity contribution in [2.24, 2.45) is 0 Å². The number of aromatic carboxylic acids is 1. The molecule has 0 aliphatic heterocycles. The van der Waals surface area contributed by atoms with E-state index < -0.39 is 5.97 Å². The molecule has 2 rings (SSSR count). The third-order valence-electron chi connectivity index (χ3n) is 3.59. The van der Waals surface area contributed by atoms with Gasteiger partial charge >= 0.3 is 5.97 Å². The predicted molar refractivity (Wildman–Crippen MR) is 76.9 cm³/mol. The number of nitrogens with zero attached hydrogens (tertiary/aromatic N) is 2. The van der Waals surface area contributed by atoms with Gasteiger partial charge in [-0.1, -0.05) is 31.2 Å². The lowest BCUT2D eigenvalue weighted by Gasteiger charge is -2.26. The summed E-state index contributed by atoms with van der Waals surface area (Å²) in [7, 11) is 1.99. The molecular weight excluding hydrogens is 240 g/mol. The molecule has 0 saturated carbocycles. The minimum atomic E-state index is -0.943. The summed E-state index contributed by atoms with van der Waals surface area (Å²) in [6.07, 6.45) is 2.45. The number of hydrogen-bond donors (Lipinski definition) is 1. The van der Waals surface area contributed by atoms with Crippen LogP contribution < -0.4 is 4.90 Å². The van der Waals surface area contributed by atoms with E-state index in [1.165, 1.54) is 6.20 Å². The zero-order chi connectivity index (χ0) is 14.0. The van der Waals surface area contributed by atoms with Crippen LogP contribution in [0.5, 0.6) is 0 Å². The molecule has 4 heteroatoms. The molecule has 0 fully saturated rings. The summed E-state index contributed by atoms with van der Waals surface area (Å²) in [6, 6.07) is 7.86. The fourth-order valence-corrected chi connectivity index (χ4v) is 2.11. The first kappa shape index (κ1) is 13.3. The van der Waals surface area contributed by atoms with Gasteiger partial charge in [-0.2, -0.15) is 0 Å². The molecule has 1 aromatic carbocycles. The van der Waals surface area contributed by atoms with Gasteiger partial charge in [0, 0.05) is 30.1 Å². The molecule has 100 valence electrons. The maximum absolute atomic E-state index is 11.2. The molecule has 19 heavy (non-hydrogen) atoms. The molecule has 0 amide bonds. The topological polar surface area (TPSA) is 53.4 Å². The highest BCUT2D eigenvalue weighted by molar-refractivity contribution is 6.06. The Bertz CT molecular complexity index is 610. The van der Waals surface area contributed by atoms with E-state index in [2.05, 4.69) is 23.7 Å². The van der Waals surface area contributed by atoms with Crippen molar-refractivity contribution in [3.05, 3.63) is 36.0 Å². The summed E-state index contributed by atoms with van der Waals surface area (Å²) in [4.78, 5) is 17.7. The molecule has 1 heterocycles. The van der Waals surface area contributed by atoms with Crippen molar-refractivity contribution in [2.45, 2.75) is 26.3 Å². The van der Waals surface area contributed by atoms with Gasteiger partial charge < -0.3 is 10.0 Å². The van der Waals surface area contributed by atoms with Crippen LogP contribution in [-0.4, -0.2) is 29.1 Å². The van der Waals surface area contributed by atoms with Crippen LogP contribution in [0.4, 0.5) is 5.82 Å². The molecule has 0 bridgehead atoms. The molecule has 0 saturated heterocycles. The molecular formula is C15H18N2O2. The van der Waals surface area contributed by atoms with Crippen molar-refractivity contribution >= 4 is 22.6 Å². The van der Waals surface area contributed by atoms with Gasteiger partial charge in [0.2, 0.25) is 0 Å². The van der Waals surface area contributed by atoms with E-state index in [9.17, 15) is 9.90 Å². The quantitative estimate of drug-likeness (QED) is 0.915. The molecule has 0 radical (unpaired) electrons. The second-order valence-corrected chi connectivity index (χ2v) is 4.71. The lowest BCUT2D eigenvalue weighted by Crippen LogP contribution is -2.29. The zero-order valence-electron chi connectivity index (χ0n) is 11.4. The Morgan fingerprint density at radius 3 is 2.58 bits per heavy atom. The van der Waals surface area contributed by atoms with Crippen molar-refractivity contribution < 1.29 is 9.90 Å². The van der Waals surface area contributed by atoms with Crippen molar-refractivity contribution in [3.63, 3.8) is 0 Å². The van der Waals surface area contributed by atoms with Crippen LogP contribution in [0, 0.1) is 0 Å². The number of anilines is 1. The fraction of sp³-hybridized carbons (Fsp3) is 0.333. The van der Waals surface area contributed by atoms with Gasteiger partial charge in [-0.25, -0.2) is 9.78 Å². The predicted octanol–water partition coefficient (Wildman–Crippen LogP) is 3.17. The Kier molecular flexibility index (Phi) is 3.69. The lowest BCUT2D eigenvalue weighted by atomic mass is 10.1. The number of pyridine rings is 1. The van der Waals surface area contributed by atoms with Crippen molar-refractivity contribution in [3.8, 4) is 0 Å². The standard InChI is InChI=1S/C15H18N2O2/c1-4-10(2)17(3)14-12-8-6-5-7-11(12)13(9-16-14)15(18)19/h5-10H,4H2,1-3H3,(H,18,19). The van der Waals surface area contributed by atoms with Crippen molar-refractivity contribution in [2.75, 3.05) is 11.9 Å². The number of carboxylic acid groups (broad SMARTS) is 1. The van der Waals surface area contributed by atoms with Gasteiger partial charge in [0.15, 0.2) is 0 Å². The van der Waals surface area contributed by atoms with Crippen LogP contribution in [0.25, 0.3) is 10.8 Å². The van der Waals surface area contributed by atoms with Crippen LogP contribution >= 0.6 is 0 Å². The maximum Gasteiger partial charge on any atom is 0.337 e. The summed E-state index contributed by atoms with van der Waals surface area (Å²) >= 11 is 0. The minimum absolute atomic E-state index is 0.247. The number of rotatable bonds is 4. The number of aromatic nitrogens is 1. The van der Waals surface area contributed by atoms with Crippen LogP contribution in [-0.2, 0) is 0 Å². The Morgan fingerprint density at radius 1 is 1.37 bits per heavy atom. The lowest BCUT2D eigenvalue weighted by molar-refractivity contribution is 0.0698. The summed E-state index contributed by atoms with van der Waals surface area (Å²) in [5, 5.41) is 10.8. The van der Waals surface area contributed by atoms with Crippen LogP contribution in [0.1, 0.15) is 30.6 Å². The number of fused-ring (bicyclic) bond motifs is 1. The highest BCUT2D eigenvalue weighted by Gasteiger charge is 2.16. The highest BCUT2D eigenvalue weighted by Crippen LogP contribution is 2.27. The van der Waals surface area contributed by atoms with Crippen LogP contribution in [0.2, 0.25) is 0 Å². The number of benzene rings is 1. The Morgan fingerprint density at radius 2 is 2.00 bits per heavy atom.